The fourth-order valence-corrected chi connectivity index (χ4v) is 4.69. The quantitative estimate of drug-likeness (QED) is 0.134. The van der Waals surface area contributed by atoms with E-state index in [0.29, 0.717) is 40.1 Å². The van der Waals surface area contributed by atoms with E-state index >= 15 is 0 Å². The van der Waals surface area contributed by atoms with Crippen LogP contribution in [0.3, 0.4) is 0 Å². The zero-order chi connectivity index (χ0) is 29.3. The summed E-state index contributed by atoms with van der Waals surface area (Å²) in [6.07, 6.45) is 1.45. The Morgan fingerprint density at radius 2 is 1.62 bits per heavy atom. The summed E-state index contributed by atoms with van der Waals surface area (Å²) in [6, 6.07) is 36.2. The molecule has 0 aliphatic carbocycles. The standard InChI is InChI=1S/C35H27ClN2O4/c1-40-33-20-25(19-32(36)34(33)42-23-27-12-7-11-26-10-5-6-13-31(26)27)18-28(21-37)35(39)38-29-14-16-30(17-15-29)41-22-24-8-3-2-4-9-24/h2-20H,22-23H2,1H3,(H,38,39)/b28-18+. The lowest BCUT2D eigenvalue weighted by Gasteiger charge is -2.14. The predicted octanol–water partition coefficient (Wildman–Crippen LogP) is 8.21. The molecule has 0 heterocycles. The average molecular weight is 575 g/mol. The highest BCUT2D eigenvalue weighted by atomic mass is 35.5. The molecule has 5 aromatic rings. The minimum absolute atomic E-state index is 0.0954. The zero-order valence-electron chi connectivity index (χ0n) is 22.8. The van der Waals surface area contributed by atoms with Crippen molar-refractivity contribution in [2.24, 2.45) is 0 Å². The molecule has 1 amide bonds. The molecule has 0 aliphatic rings. The molecule has 0 spiro atoms. The van der Waals surface area contributed by atoms with Crippen LogP contribution >= 0.6 is 11.6 Å². The van der Waals surface area contributed by atoms with Crippen LogP contribution in [0.25, 0.3) is 16.8 Å². The van der Waals surface area contributed by atoms with Gasteiger partial charge in [0.05, 0.1) is 12.1 Å². The summed E-state index contributed by atoms with van der Waals surface area (Å²) in [5, 5.41) is 15.0. The Bertz CT molecular complexity index is 1770. The fraction of sp³-hybridized carbons (Fsp3) is 0.0857. The van der Waals surface area contributed by atoms with Crippen LogP contribution in [-0.2, 0) is 18.0 Å². The molecule has 5 rings (SSSR count). The highest BCUT2D eigenvalue weighted by Gasteiger charge is 2.15. The number of methoxy groups -OCH3 is 1. The molecule has 0 radical (unpaired) electrons. The van der Waals surface area contributed by atoms with E-state index in [-0.39, 0.29) is 12.2 Å². The van der Waals surface area contributed by atoms with Gasteiger partial charge in [-0.2, -0.15) is 5.26 Å². The molecule has 0 atom stereocenters. The van der Waals surface area contributed by atoms with Crippen molar-refractivity contribution < 1.29 is 19.0 Å². The van der Waals surface area contributed by atoms with Crippen molar-refractivity contribution in [3.05, 3.63) is 136 Å². The summed E-state index contributed by atoms with van der Waals surface area (Å²) in [7, 11) is 1.51. The Morgan fingerprint density at radius 1 is 0.881 bits per heavy atom. The summed E-state index contributed by atoms with van der Waals surface area (Å²) < 4.78 is 17.4. The topological polar surface area (TPSA) is 80.6 Å². The van der Waals surface area contributed by atoms with E-state index < -0.39 is 5.91 Å². The van der Waals surface area contributed by atoms with Crippen LogP contribution in [0.1, 0.15) is 16.7 Å². The van der Waals surface area contributed by atoms with Crippen molar-refractivity contribution in [1.82, 2.24) is 0 Å². The third-order valence-corrected chi connectivity index (χ3v) is 6.82. The lowest BCUT2D eigenvalue weighted by Crippen LogP contribution is -2.13. The Hall–Kier alpha value is -5.25. The third-order valence-electron chi connectivity index (χ3n) is 6.54. The molecule has 0 unspecified atom stereocenters. The number of rotatable bonds is 10. The van der Waals surface area contributed by atoms with Gasteiger partial charge in [0, 0.05) is 5.69 Å². The maximum Gasteiger partial charge on any atom is 0.266 e. The van der Waals surface area contributed by atoms with Crippen LogP contribution in [-0.4, -0.2) is 13.0 Å². The van der Waals surface area contributed by atoms with Gasteiger partial charge in [0.2, 0.25) is 0 Å². The molecule has 6 nitrogen and oxygen atoms in total. The summed E-state index contributed by atoms with van der Waals surface area (Å²) in [5.41, 5.74) is 3.02. The fourth-order valence-electron chi connectivity index (χ4n) is 4.42. The van der Waals surface area contributed by atoms with Gasteiger partial charge in [-0.25, -0.2) is 0 Å². The lowest BCUT2D eigenvalue weighted by molar-refractivity contribution is -0.112. The Labute approximate surface area is 249 Å². The SMILES string of the molecule is COc1cc(/C=C(\C#N)C(=O)Nc2ccc(OCc3ccccc3)cc2)cc(Cl)c1OCc1cccc2ccccc12. The molecule has 0 bridgehead atoms. The number of nitriles is 1. The van der Waals surface area contributed by atoms with Gasteiger partial charge in [0.15, 0.2) is 11.5 Å². The minimum atomic E-state index is -0.554. The summed E-state index contributed by atoms with van der Waals surface area (Å²) in [5.74, 6) is 0.874. The highest BCUT2D eigenvalue weighted by molar-refractivity contribution is 6.32. The number of nitrogens with zero attached hydrogens (tertiary/aromatic N) is 1. The molecule has 5 aromatic carbocycles. The van der Waals surface area contributed by atoms with E-state index in [1.165, 1.54) is 13.2 Å². The highest BCUT2D eigenvalue weighted by Crippen LogP contribution is 2.38. The van der Waals surface area contributed by atoms with E-state index in [4.69, 9.17) is 25.8 Å². The van der Waals surface area contributed by atoms with E-state index in [2.05, 4.69) is 5.32 Å². The van der Waals surface area contributed by atoms with E-state index in [0.717, 1.165) is 21.9 Å². The molecule has 0 aromatic heterocycles. The number of carbonyl (C=O) groups is 1. The first kappa shape index (κ1) is 28.3. The smallest absolute Gasteiger partial charge is 0.266 e. The second kappa shape index (κ2) is 13.4. The molecule has 42 heavy (non-hydrogen) atoms. The summed E-state index contributed by atoms with van der Waals surface area (Å²) >= 11 is 6.58. The van der Waals surface area contributed by atoms with Crippen molar-refractivity contribution in [2.45, 2.75) is 13.2 Å². The van der Waals surface area contributed by atoms with Gasteiger partial charge in [-0.15, -0.1) is 0 Å². The Morgan fingerprint density at radius 3 is 2.38 bits per heavy atom. The van der Waals surface area contributed by atoms with E-state index in [9.17, 15) is 10.1 Å². The molecule has 0 saturated carbocycles. The van der Waals surface area contributed by atoms with E-state index in [1.807, 2.05) is 78.9 Å². The maximum absolute atomic E-state index is 12.9. The van der Waals surface area contributed by atoms with Gasteiger partial charge < -0.3 is 19.5 Å². The number of fused-ring (bicyclic) bond motifs is 1. The number of carbonyl (C=O) groups excluding carboxylic acids is 1. The van der Waals surface area contributed by atoms with Crippen molar-refractivity contribution in [2.75, 3.05) is 12.4 Å². The number of nitrogens with one attached hydrogen (secondary N) is 1. The first-order chi connectivity index (χ1) is 20.5. The van der Waals surface area contributed by atoms with Gasteiger partial charge in [-0.1, -0.05) is 84.4 Å². The number of ether oxygens (including phenoxy) is 3. The van der Waals surface area contributed by atoms with Crippen LogP contribution in [0.2, 0.25) is 5.02 Å². The molecule has 0 saturated heterocycles. The van der Waals surface area contributed by atoms with Crippen molar-refractivity contribution in [3.8, 4) is 23.3 Å². The molecule has 208 valence electrons. The summed E-state index contributed by atoms with van der Waals surface area (Å²) in [6.45, 7) is 0.724. The number of benzene rings is 5. The van der Waals surface area contributed by atoms with Crippen molar-refractivity contribution >= 4 is 40.0 Å². The van der Waals surface area contributed by atoms with Crippen LogP contribution in [0.4, 0.5) is 5.69 Å². The number of amides is 1. The molecular weight excluding hydrogens is 548 g/mol. The molecule has 0 aliphatic heterocycles. The van der Waals surface area contributed by atoms with Crippen LogP contribution in [0, 0.1) is 11.3 Å². The number of anilines is 1. The van der Waals surface area contributed by atoms with Gasteiger partial charge in [-0.05, 0) is 69.9 Å². The summed E-state index contributed by atoms with van der Waals surface area (Å²) in [4.78, 5) is 12.9. The number of hydrogen-bond acceptors (Lipinski definition) is 5. The van der Waals surface area contributed by atoms with Crippen LogP contribution in [0.5, 0.6) is 17.2 Å². The molecular formula is C35H27ClN2O4. The van der Waals surface area contributed by atoms with Crippen molar-refractivity contribution in [3.63, 3.8) is 0 Å². The van der Waals surface area contributed by atoms with Gasteiger partial charge >= 0.3 is 0 Å². The van der Waals surface area contributed by atoms with E-state index in [1.54, 1.807) is 36.4 Å². The zero-order valence-corrected chi connectivity index (χ0v) is 23.6. The van der Waals surface area contributed by atoms with Gasteiger partial charge in [-0.3, -0.25) is 4.79 Å². The largest absolute Gasteiger partial charge is 0.493 e. The minimum Gasteiger partial charge on any atom is -0.493 e. The lowest BCUT2D eigenvalue weighted by atomic mass is 10.1. The molecule has 0 fully saturated rings. The molecule has 7 heteroatoms. The normalized spacial score (nSPS) is 11.0. The number of halogens is 1. The average Bonchev–Trinajstić information content (AvgIpc) is 3.03. The Balaban J connectivity index is 1.26. The molecule has 1 N–H and O–H groups in total. The van der Waals surface area contributed by atoms with Crippen molar-refractivity contribution in [1.29, 1.82) is 5.26 Å². The van der Waals surface area contributed by atoms with Crippen LogP contribution in [0.15, 0.2) is 115 Å². The number of hydrogen-bond donors (Lipinski definition) is 1. The van der Waals surface area contributed by atoms with Gasteiger partial charge in [0.1, 0.15) is 30.6 Å². The predicted molar refractivity (Wildman–Crippen MR) is 166 cm³/mol. The first-order valence-corrected chi connectivity index (χ1v) is 13.6. The van der Waals surface area contributed by atoms with Crippen LogP contribution < -0.4 is 19.5 Å². The second-order valence-electron chi connectivity index (χ2n) is 9.38. The van der Waals surface area contributed by atoms with Gasteiger partial charge in [0.25, 0.3) is 5.91 Å². The second-order valence-corrected chi connectivity index (χ2v) is 9.79. The monoisotopic (exact) mass is 574 g/mol. The first-order valence-electron chi connectivity index (χ1n) is 13.2. The third kappa shape index (κ3) is 6.90. The maximum atomic E-state index is 12.9. The Kier molecular flexibility index (Phi) is 9.03.